The monoisotopic (exact) mass is 395 g/mol. The highest BCUT2D eigenvalue weighted by molar-refractivity contribution is 6.47. The Kier molecular flexibility index (Phi) is 4.14. The van der Waals surface area contributed by atoms with E-state index >= 15 is 0 Å². The molecule has 4 heterocycles. The molecule has 0 spiro atoms. The maximum absolute atomic E-state index is 13.2. The van der Waals surface area contributed by atoms with E-state index in [1.54, 1.807) is 47.5 Å². The Labute approximate surface area is 171 Å². The second-order valence-corrected chi connectivity index (χ2v) is 6.99. The summed E-state index contributed by atoms with van der Waals surface area (Å²) in [6, 6.07) is 16.5. The van der Waals surface area contributed by atoms with Crippen molar-refractivity contribution < 1.29 is 9.59 Å². The lowest BCUT2D eigenvalue weighted by Gasteiger charge is -2.08. The number of ketones is 1. The molecule has 0 saturated heterocycles. The number of hydrogen-bond donors (Lipinski definition) is 1. The summed E-state index contributed by atoms with van der Waals surface area (Å²) in [7, 11) is 1.87. The molecule has 30 heavy (non-hydrogen) atoms. The molecule has 146 valence electrons. The van der Waals surface area contributed by atoms with E-state index < -0.39 is 11.7 Å². The minimum Gasteiger partial charge on any atom is -0.334 e. The molecular weight excluding hydrogens is 378 g/mol. The van der Waals surface area contributed by atoms with E-state index in [0.29, 0.717) is 16.9 Å². The average molecular weight is 395 g/mol. The van der Waals surface area contributed by atoms with Gasteiger partial charge in [0.2, 0.25) is 0 Å². The number of fused-ring (bicyclic) bond motifs is 2. The summed E-state index contributed by atoms with van der Waals surface area (Å²) in [6.07, 6.45) is 6.83. The van der Waals surface area contributed by atoms with Crippen molar-refractivity contribution in [3.8, 4) is 11.1 Å². The normalized spacial score (nSPS) is 11.1. The molecule has 0 unspecified atom stereocenters. The molecule has 5 aromatic rings. The molecule has 0 aliphatic rings. The molecule has 0 fully saturated rings. The van der Waals surface area contributed by atoms with Crippen molar-refractivity contribution in [2.45, 2.75) is 0 Å². The minimum absolute atomic E-state index is 0.303. The first kappa shape index (κ1) is 17.8. The van der Waals surface area contributed by atoms with Crippen LogP contribution in [0.3, 0.4) is 0 Å². The number of hydrogen-bond acceptors (Lipinski definition) is 4. The van der Waals surface area contributed by atoms with Crippen LogP contribution in [0.5, 0.6) is 0 Å². The Balaban J connectivity index is 1.55. The first-order valence-electron chi connectivity index (χ1n) is 9.39. The van der Waals surface area contributed by atoms with Crippen LogP contribution < -0.4 is 5.32 Å². The molecular formula is C23H17N5O2. The molecule has 0 bridgehead atoms. The SMILES string of the molecule is Cn1cnc2ccc(NC(=O)C(=O)c3c(-c4cccnc4)cc4ccccn34)cc21. The molecule has 4 aromatic heterocycles. The largest absolute Gasteiger partial charge is 0.334 e. The Morgan fingerprint density at radius 3 is 2.77 bits per heavy atom. The summed E-state index contributed by atoms with van der Waals surface area (Å²) in [5.41, 5.74) is 4.78. The number of Topliss-reactive ketones (excluding diaryl/α,β-unsaturated/α-hetero) is 1. The number of nitrogens with zero attached hydrogens (tertiary/aromatic N) is 4. The summed E-state index contributed by atoms with van der Waals surface area (Å²) < 4.78 is 3.59. The first-order valence-corrected chi connectivity index (χ1v) is 9.39. The third-order valence-electron chi connectivity index (χ3n) is 5.06. The zero-order valence-corrected chi connectivity index (χ0v) is 16.1. The number of carbonyl (C=O) groups excluding carboxylic acids is 2. The van der Waals surface area contributed by atoms with E-state index in [1.165, 1.54) is 0 Å². The minimum atomic E-state index is -0.703. The molecule has 5 rings (SSSR count). The van der Waals surface area contributed by atoms with Crippen LogP contribution in [0.2, 0.25) is 0 Å². The molecule has 0 radical (unpaired) electrons. The predicted octanol–water partition coefficient (Wildman–Crippen LogP) is 3.71. The fraction of sp³-hybridized carbons (Fsp3) is 0.0435. The Bertz CT molecular complexity index is 1420. The van der Waals surface area contributed by atoms with Crippen molar-refractivity contribution >= 4 is 33.9 Å². The third-order valence-corrected chi connectivity index (χ3v) is 5.06. The topological polar surface area (TPSA) is 81.3 Å². The van der Waals surface area contributed by atoms with Crippen LogP contribution in [-0.4, -0.2) is 30.6 Å². The van der Waals surface area contributed by atoms with Crippen LogP contribution in [-0.2, 0) is 11.8 Å². The van der Waals surface area contributed by atoms with Crippen LogP contribution in [0.15, 0.2) is 79.5 Å². The van der Waals surface area contributed by atoms with Gasteiger partial charge < -0.3 is 14.3 Å². The van der Waals surface area contributed by atoms with Crippen LogP contribution in [0, 0.1) is 0 Å². The molecule has 0 saturated carbocycles. The van der Waals surface area contributed by atoms with Gasteiger partial charge in [-0.2, -0.15) is 0 Å². The lowest BCUT2D eigenvalue weighted by molar-refractivity contribution is -0.112. The van der Waals surface area contributed by atoms with Crippen molar-refractivity contribution in [2.24, 2.45) is 7.05 Å². The summed E-state index contributed by atoms with van der Waals surface area (Å²) in [5, 5.41) is 2.72. The quantitative estimate of drug-likeness (QED) is 0.372. The number of imidazole rings is 1. The number of aryl methyl sites for hydroxylation is 1. The van der Waals surface area contributed by atoms with Crippen molar-refractivity contribution in [3.63, 3.8) is 0 Å². The van der Waals surface area contributed by atoms with E-state index in [-0.39, 0.29) is 0 Å². The van der Waals surface area contributed by atoms with Gasteiger partial charge in [0.05, 0.1) is 17.4 Å². The molecule has 0 aliphatic carbocycles. The van der Waals surface area contributed by atoms with Crippen LogP contribution in [0.25, 0.3) is 27.7 Å². The van der Waals surface area contributed by atoms with Crippen molar-refractivity contribution in [2.75, 3.05) is 5.32 Å². The number of benzene rings is 1. The standard InChI is InChI=1S/C23H17N5O2/c1-27-14-25-19-8-7-16(11-20(19)27)26-23(30)22(29)21-18(15-5-4-9-24-13-15)12-17-6-2-3-10-28(17)21/h2-14H,1H3,(H,26,30). The number of amides is 1. The highest BCUT2D eigenvalue weighted by Crippen LogP contribution is 2.28. The highest BCUT2D eigenvalue weighted by Gasteiger charge is 2.25. The Hall–Kier alpha value is -4.26. The summed E-state index contributed by atoms with van der Waals surface area (Å²) in [6.45, 7) is 0. The zero-order valence-electron chi connectivity index (χ0n) is 16.1. The molecule has 1 amide bonds. The average Bonchev–Trinajstić information content (AvgIpc) is 3.34. The van der Waals surface area contributed by atoms with Gasteiger partial charge in [0.15, 0.2) is 0 Å². The summed E-state index contributed by atoms with van der Waals surface area (Å²) >= 11 is 0. The van der Waals surface area contributed by atoms with Crippen molar-refractivity contribution in [1.82, 2.24) is 18.9 Å². The van der Waals surface area contributed by atoms with E-state index in [4.69, 9.17) is 0 Å². The van der Waals surface area contributed by atoms with E-state index in [0.717, 1.165) is 22.1 Å². The van der Waals surface area contributed by atoms with Crippen molar-refractivity contribution in [3.05, 3.63) is 85.2 Å². The smallest absolute Gasteiger partial charge is 0.298 e. The second-order valence-electron chi connectivity index (χ2n) is 6.99. The van der Waals surface area contributed by atoms with Gasteiger partial charge in [0, 0.05) is 48.0 Å². The Morgan fingerprint density at radius 2 is 1.93 bits per heavy atom. The van der Waals surface area contributed by atoms with Gasteiger partial charge in [0.1, 0.15) is 5.69 Å². The van der Waals surface area contributed by atoms with Crippen LogP contribution in [0.4, 0.5) is 5.69 Å². The lowest BCUT2D eigenvalue weighted by Crippen LogP contribution is -2.24. The van der Waals surface area contributed by atoms with E-state index in [1.807, 2.05) is 48.0 Å². The highest BCUT2D eigenvalue weighted by atomic mass is 16.2. The molecule has 7 nitrogen and oxygen atoms in total. The first-order chi connectivity index (χ1) is 14.6. The van der Waals surface area contributed by atoms with Crippen LogP contribution in [0.1, 0.15) is 10.5 Å². The van der Waals surface area contributed by atoms with E-state index in [2.05, 4.69) is 15.3 Å². The van der Waals surface area contributed by atoms with Crippen molar-refractivity contribution in [1.29, 1.82) is 0 Å². The van der Waals surface area contributed by atoms with Gasteiger partial charge in [-0.15, -0.1) is 0 Å². The lowest BCUT2D eigenvalue weighted by atomic mass is 10.1. The second kappa shape index (κ2) is 6.97. The number of pyridine rings is 2. The number of rotatable bonds is 4. The zero-order chi connectivity index (χ0) is 20.7. The molecule has 0 atom stereocenters. The number of nitrogens with one attached hydrogen (secondary N) is 1. The fourth-order valence-electron chi connectivity index (χ4n) is 3.60. The molecule has 1 N–H and O–H groups in total. The van der Waals surface area contributed by atoms with Gasteiger partial charge in [-0.25, -0.2) is 4.98 Å². The Morgan fingerprint density at radius 1 is 1.03 bits per heavy atom. The molecule has 7 heteroatoms. The molecule has 0 aliphatic heterocycles. The van der Waals surface area contributed by atoms with Gasteiger partial charge in [-0.3, -0.25) is 14.6 Å². The van der Waals surface area contributed by atoms with Gasteiger partial charge in [-0.05, 0) is 42.5 Å². The van der Waals surface area contributed by atoms with Gasteiger partial charge in [-0.1, -0.05) is 12.1 Å². The van der Waals surface area contributed by atoms with Gasteiger partial charge >= 0.3 is 0 Å². The number of anilines is 1. The van der Waals surface area contributed by atoms with Crippen LogP contribution >= 0.6 is 0 Å². The summed E-state index contributed by atoms with van der Waals surface area (Å²) in [4.78, 5) is 34.5. The molecule has 1 aromatic carbocycles. The summed E-state index contributed by atoms with van der Waals surface area (Å²) in [5.74, 6) is -1.32. The number of carbonyl (C=O) groups is 2. The number of aromatic nitrogens is 4. The fourth-order valence-corrected chi connectivity index (χ4v) is 3.60. The maximum Gasteiger partial charge on any atom is 0.298 e. The van der Waals surface area contributed by atoms with E-state index in [9.17, 15) is 9.59 Å². The van der Waals surface area contributed by atoms with Gasteiger partial charge in [0.25, 0.3) is 11.7 Å². The third kappa shape index (κ3) is 2.93. The predicted molar refractivity (Wildman–Crippen MR) is 114 cm³/mol. The maximum atomic E-state index is 13.2.